The van der Waals surface area contributed by atoms with E-state index in [-0.39, 0.29) is 42.1 Å². The zero-order valence-corrected chi connectivity index (χ0v) is 20.2. The van der Waals surface area contributed by atoms with E-state index in [4.69, 9.17) is 4.74 Å². The van der Waals surface area contributed by atoms with Crippen molar-refractivity contribution in [1.82, 2.24) is 9.55 Å². The summed E-state index contributed by atoms with van der Waals surface area (Å²) in [6.45, 7) is -0.00212. The van der Waals surface area contributed by atoms with Gasteiger partial charge in [0.2, 0.25) is 0 Å². The third-order valence-corrected chi connectivity index (χ3v) is 8.31. The van der Waals surface area contributed by atoms with Gasteiger partial charge in [0.25, 0.3) is 5.92 Å². The molecule has 2 aromatic heterocycles. The number of anilines is 1. The van der Waals surface area contributed by atoms with E-state index in [0.717, 1.165) is 42.3 Å². The lowest BCUT2D eigenvalue weighted by Crippen LogP contribution is -2.39. The van der Waals surface area contributed by atoms with Crippen LogP contribution >= 0.6 is 11.3 Å². The molecule has 5 rings (SSSR count). The van der Waals surface area contributed by atoms with E-state index in [2.05, 4.69) is 9.55 Å². The lowest BCUT2D eigenvalue weighted by Gasteiger charge is -2.32. The molecule has 0 spiro atoms. The fraction of sp³-hybridized carbons (Fsp3) is 0.500. The SMILES string of the molecule is COC(=O)c1c(N2CCC(F)(F)CC2)sc(-c2ccc3c(c2)ncn3C2CCCCC2)c1[N+](=O)[O-]. The highest BCUT2D eigenvalue weighted by Gasteiger charge is 2.40. The van der Waals surface area contributed by atoms with Crippen LogP contribution in [0.4, 0.5) is 19.5 Å². The summed E-state index contributed by atoms with van der Waals surface area (Å²) in [7, 11) is 1.15. The molecule has 0 N–H and O–H groups in total. The fourth-order valence-electron chi connectivity index (χ4n) is 5.15. The van der Waals surface area contributed by atoms with Crippen LogP contribution in [0.5, 0.6) is 0 Å². The van der Waals surface area contributed by atoms with Gasteiger partial charge in [0.15, 0.2) is 5.56 Å². The van der Waals surface area contributed by atoms with E-state index >= 15 is 0 Å². The summed E-state index contributed by atoms with van der Waals surface area (Å²) < 4.78 is 34.5. The van der Waals surface area contributed by atoms with Crippen molar-refractivity contribution in [2.75, 3.05) is 25.1 Å². The minimum atomic E-state index is -2.78. The third kappa shape index (κ3) is 4.37. The second-order valence-corrected chi connectivity index (χ2v) is 10.2. The first-order valence-electron chi connectivity index (χ1n) is 11.8. The average Bonchev–Trinajstić information content (AvgIpc) is 3.46. The molecule has 2 fully saturated rings. The van der Waals surface area contributed by atoms with E-state index < -0.39 is 16.8 Å². The molecule has 2 aliphatic rings. The zero-order valence-electron chi connectivity index (χ0n) is 19.3. The molecule has 0 unspecified atom stereocenters. The smallest absolute Gasteiger partial charge is 0.347 e. The molecule has 0 radical (unpaired) electrons. The van der Waals surface area contributed by atoms with Gasteiger partial charge in [0.1, 0.15) is 9.88 Å². The quantitative estimate of drug-likeness (QED) is 0.233. The van der Waals surface area contributed by atoms with E-state index in [1.807, 2.05) is 12.4 Å². The van der Waals surface area contributed by atoms with Crippen molar-refractivity contribution in [3.05, 3.63) is 40.2 Å². The number of piperidine rings is 1. The number of nitro groups is 1. The summed E-state index contributed by atoms with van der Waals surface area (Å²) in [5, 5.41) is 12.4. The van der Waals surface area contributed by atoms with Gasteiger partial charge in [-0.2, -0.15) is 0 Å². The molecule has 0 amide bonds. The Morgan fingerprint density at radius 3 is 2.60 bits per heavy atom. The maximum absolute atomic E-state index is 13.7. The third-order valence-electron chi connectivity index (χ3n) is 7.02. The van der Waals surface area contributed by atoms with Gasteiger partial charge in [-0.15, -0.1) is 11.3 Å². The lowest BCUT2D eigenvalue weighted by molar-refractivity contribution is -0.384. The number of aromatic nitrogens is 2. The monoisotopic (exact) mass is 504 g/mol. The Morgan fingerprint density at radius 1 is 1.23 bits per heavy atom. The molecule has 1 saturated carbocycles. The van der Waals surface area contributed by atoms with Crippen LogP contribution < -0.4 is 4.90 Å². The number of rotatable bonds is 5. The summed E-state index contributed by atoms with van der Waals surface area (Å²) >= 11 is 1.07. The summed E-state index contributed by atoms with van der Waals surface area (Å²) in [6, 6.07) is 5.90. The number of halogens is 2. The molecule has 1 aliphatic heterocycles. The van der Waals surface area contributed by atoms with Crippen molar-refractivity contribution in [3.8, 4) is 10.4 Å². The van der Waals surface area contributed by atoms with Gasteiger partial charge >= 0.3 is 11.7 Å². The molecule has 3 aromatic rings. The highest BCUT2D eigenvalue weighted by molar-refractivity contribution is 7.20. The van der Waals surface area contributed by atoms with Crippen LogP contribution in [0.1, 0.15) is 61.3 Å². The summed E-state index contributed by atoms with van der Waals surface area (Å²) in [6.07, 6.45) is 6.89. The van der Waals surface area contributed by atoms with Crippen molar-refractivity contribution >= 4 is 39.0 Å². The minimum Gasteiger partial charge on any atom is -0.465 e. The van der Waals surface area contributed by atoms with E-state index in [1.165, 1.54) is 19.3 Å². The Bertz CT molecular complexity index is 1270. The molecule has 8 nitrogen and oxygen atoms in total. The van der Waals surface area contributed by atoms with Gasteiger partial charge in [-0.25, -0.2) is 18.6 Å². The summed E-state index contributed by atoms with van der Waals surface area (Å²) in [4.78, 5) is 30.7. The first-order valence-corrected chi connectivity index (χ1v) is 12.6. The zero-order chi connectivity index (χ0) is 24.7. The number of esters is 1. The van der Waals surface area contributed by atoms with E-state index in [1.54, 1.807) is 17.0 Å². The number of hydrogen-bond donors (Lipinski definition) is 0. The van der Waals surface area contributed by atoms with Crippen LogP contribution in [0.2, 0.25) is 0 Å². The van der Waals surface area contributed by atoms with Crippen molar-refractivity contribution in [2.45, 2.75) is 56.9 Å². The molecule has 1 aliphatic carbocycles. The maximum Gasteiger partial charge on any atom is 0.347 e. The Labute approximate surface area is 204 Å². The first-order chi connectivity index (χ1) is 16.8. The lowest BCUT2D eigenvalue weighted by atomic mass is 9.95. The Kier molecular flexibility index (Phi) is 6.20. The molecule has 0 atom stereocenters. The second kappa shape index (κ2) is 9.18. The minimum absolute atomic E-state index is 0.00106. The molecule has 1 saturated heterocycles. The van der Waals surface area contributed by atoms with E-state index in [0.29, 0.717) is 16.6 Å². The highest BCUT2D eigenvalue weighted by atomic mass is 32.1. The number of carbonyl (C=O) groups is 1. The van der Waals surface area contributed by atoms with E-state index in [9.17, 15) is 23.7 Å². The Balaban J connectivity index is 1.59. The number of alkyl halides is 2. The molecule has 3 heterocycles. The van der Waals surface area contributed by atoms with Crippen LogP contribution in [-0.4, -0.2) is 46.6 Å². The van der Waals surface area contributed by atoms with Crippen molar-refractivity contribution in [1.29, 1.82) is 0 Å². The standard InChI is InChI=1S/C24H26F2N4O4S/c1-34-23(31)19-20(30(32)33)21(35-22(19)28-11-9-24(25,26)10-12-28)15-7-8-18-17(13-15)27-14-29(18)16-5-3-2-4-6-16/h7-8,13-14,16H,2-6,9-12H2,1H3. The molecule has 186 valence electrons. The number of imidazole rings is 1. The number of nitrogens with zero attached hydrogens (tertiary/aromatic N) is 4. The maximum atomic E-state index is 13.7. The number of thiophene rings is 1. The number of fused-ring (bicyclic) bond motifs is 1. The van der Waals surface area contributed by atoms with Crippen LogP contribution in [0.3, 0.4) is 0 Å². The number of benzene rings is 1. The topological polar surface area (TPSA) is 90.5 Å². The average molecular weight is 505 g/mol. The Hall–Kier alpha value is -3.08. The van der Waals surface area contributed by atoms with Gasteiger partial charge in [0, 0.05) is 37.5 Å². The van der Waals surface area contributed by atoms with Crippen molar-refractivity contribution < 1.29 is 23.2 Å². The van der Waals surface area contributed by atoms with Gasteiger partial charge in [-0.1, -0.05) is 25.3 Å². The molecule has 11 heteroatoms. The first kappa shape index (κ1) is 23.7. The fourth-order valence-corrected chi connectivity index (χ4v) is 6.45. The van der Waals surface area contributed by atoms with Crippen LogP contribution in [0.15, 0.2) is 24.5 Å². The molecular formula is C24H26F2N4O4S. The number of hydrogen-bond acceptors (Lipinski definition) is 7. The van der Waals surface area contributed by atoms with Crippen molar-refractivity contribution in [2.24, 2.45) is 0 Å². The molecule has 35 heavy (non-hydrogen) atoms. The predicted molar refractivity (Wildman–Crippen MR) is 130 cm³/mol. The second-order valence-electron chi connectivity index (χ2n) is 9.20. The van der Waals surface area contributed by atoms with Crippen molar-refractivity contribution in [3.63, 3.8) is 0 Å². The van der Waals surface area contributed by atoms with Crippen LogP contribution in [0, 0.1) is 10.1 Å². The number of methoxy groups -OCH3 is 1. The molecular weight excluding hydrogens is 478 g/mol. The Morgan fingerprint density at radius 2 is 1.94 bits per heavy atom. The molecule has 1 aromatic carbocycles. The summed E-state index contributed by atoms with van der Waals surface area (Å²) in [5.41, 5.74) is 1.69. The molecule has 0 bridgehead atoms. The van der Waals surface area contributed by atoms with Gasteiger partial charge in [-0.05, 0) is 25.0 Å². The summed E-state index contributed by atoms with van der Waals surface area (Å²) in [5.74, 6) is -3.63. The van der Waals surface area contributed by atoms with Crippen LogP contribution in [-0.2, 0) is 4.74 Å². The highest BCUT2D eigenvalue weighted by Crippen LogP contribution is 2.49. The largest absolute Gasteiger partial charge is 0.465 e. The predicted octanol–water partition coefficient (Wildman–Crippen LogP) is 6.20. The van der Waals surface area contributed by atoms with Crippen LogP contribution in [0.25, 0.3) is 21.5 Å². The van der Waals surface area contributed by atoms with Gasteiger partial charge in [0.05, 0.1) is 29.4 Å². The van der Waals surface area contributed by atoms with Gasteiger partial charge in [-0.3, -0.25) is 10.1 Å². The number of carbonyl (C=O) groups excluding carboxylic acids is 1. The van der Waals surface area contributed by atoms with Gasteiger partial charge < -0.3 is 14.2 Å². The normalized spacial score (nSPS) is 18.7. The number of ether oxygens (including phenoxy) is 1.